The summed E-state index contributed by atoms with van der Waals surface area (Å²) in [6.45, 7) is 0. The summed E-state index contributed by atoms with van der Waals surface area (Å²) in [5.41, 5.74) is 2.78. The van der Waals surface area contributed by atoms with E-state index in [-0.39, 0.29) is 0 Å². The van der Waals surface area contributed by atoms with Crippen LogP contribution in [0.15, 0.2) is 52.3 Å². The van der Waals surface area contributed by atoms with Crippen LogP contribution in [-0.2, 0) is 0 Å². The largest absolute Gasteiger partial charge is 0.463 e. The van der Waals surface area contributed by atoms with Crippen molar-refractivity contribution < 1.29 is 4.42 Å². The molecule has 0 atom stereocenters. The van der Waals surface area contributed by atoms with Crippen molar-refractivity contribution >= 4 is 12.0 Å². The third kappa shape index (κ3) is 2.20. The first-order chi connectivity index (χ1) is 6.95. The molecule has 0 fully saturated rings. The molecule has 0 amide bonds. The summed E-state index contributed by atoms with van der Waals surface area (Å²) in [7, 11) is 0. The highest BCUT2D eigenvalue weighted by Gasteiger charge is 1.88. The second-order valence-electron chi connectivity index (χ2n) is 2.60. The summed E-state index contributed by atoms with van der Waals surface area (Å²) in [5, 5.41) is 3.95. The predicted octanol–water partition coefficient (Wildman–Crippen LogP) is 2.12. The fourth-order valence-electron chi connectivity index (χ4n) is 0.956. The number of hydrogen-bond acceptors (Lipinski definition) is 4. The zero-order valence-corrected chi connectivity index (χ0v) is 7.42. The molecule has 0 radical (unpaired) electrons. The molecule has 14 heavy (non-hydrogen) atoms. The Hall–Kier alpha value is -2.10. The molecule has 0 aliphatic rings. The van der Waals surface area contributed by atoms with Gasteiger partial charge in [0.15, 0.2) is 0 Å². The van der Waals surface area contributed by atoms with E-state index in [1.165, 1.54) is 0 Å². The van der Waals surface area contributed by atoms with E-state index in [2.05, 4.69) is 15.5 Å². The molecule has 0 saturated heterocycles. The minimum Gasteiger partial charge on any atom is -0.463 e. The molecule has 0 aliphatic carbocycles. The number of nitrogens with one attached hydrogen (secondary N) is 1. The average molecular weight is 187 g/mol. The summed E-state index contributed by atoms with van der Waals surface area (Å²) in [6, 6.07) is 9.20. The van der Waals surface area contributed by atoms with Gasteiger partial charge in [-0.1, -0.05) is 6.07 Å². The molecule has 1 N–H and O–H groups in total. The van der Waals surface area contributed by atoms with Crippen LogP contribution in [0, 0.1) is 0 Å². The first kappa shape index (κ1) is 8.50. The summed E-state index contributed by atoms with van der Waals surface area (Å²) in [6.07, 6.45) is 4.89. The Labute approximate surface area is 81.3 Å². The lowest BCUT2D eigenvalue weighted by Gasteiger charge is -1.95. The van der Waals surface area contributed by atoms with Crippen molar-refractivity contribution in [1.29, 1.82) is 0 Å². The number of hydrogen-bond donors (Lipinski definition) is 1. The fraction of sp³-hybridized carbons (Fsp3) is 0. The van der Waals surface area contributed by atoms with Crippen LogP contribution < -0.4 is 5.43 Å². The quantitative estimate of drug-likeness (QED) is 0.591. The smallest absolute Gasteiger partial charge is 0.146 e. The van der Waals surface area contributed by atoms with Gasteiger partial charge in [-0.25, -0.2) is 4.98 Å². The van der Waals surface area contributed by atoms with E-state index in [1.54, 1.807) is 18.7 Å². The minimum atomic E-state index is 0.702. The van der Waals surface area contributed by atoms with E-state index < -0.39 is 0 Å². The summed E-state index contributed by atoms with van der Waals surface area (Å²) in [5.74, 6) is 1.41. The van der Waals surface area contributed by atoms with Gasteiger partial charge in [-0.05, 0) is 24.3 Å². The van der Waals surface area contributed by atoms with Gasteiger partial charge in [-0.15, -0.1) is 0 Å². The van der Waals surface area contributed by atoms with Crippen LogP contribution in [0.5, 0.6) is 0 Å². The number of nitrogens with zero attached hydrogens (tertiary/aromatic N) is 2. The third-order valence-corrected chi connectivity index (χ3v) is 1.58. The first-order valence-electron chi connectivity index (χ1n) is 4.19. The van der Waals surface area contributed by atoms with Crippen LogP contribution in [0.2, 0.25) is 0 Å². The summed E-state index contributed by atoms with van der Waals surface area (Å²) < 4.78 is 5.06. The Bertz CT molecular complexity index is 395. The number of pyridine rings is 1. The normalized spacial score (nSPS) is 10.6. The second kappa shape index (κ2) is 4.23. The molecule has 0 aromatic carbocycles. The topological polar surface area (TPSA) is 50.4 Å². The van der Waals surface area contributed by atoms with Crippen LogP contribution in [-0.4, -0.2) is 11.2 Å². The lowest BCUT2D eigenvalue weighted by Crippen LogP contribution is -1.91. The molecule has 4 heteroatoms. The summed E-state index contributed by atoms with van der Waals surface area (Å²) in [4.78, 5) is 4.04. The van der Waals surface area contributed by atoms with Gasteiger partial charge in [0.2, 0.25) is 0 Å². The van der Waals surface area contributed by atoms with Crippen LogP contribution in [0.4, 0.5) is 5.82 Å². The van der Waals surface area contributed by atoms with Crippen LogP contribution in [0.3, 0.4) is 0 Å². The SMILES string of the molecule is C(=NNc1ccccn1)c1ccco1. The molecule has 0 spiro atoms. The fourth-order valence-corrected chi connectivity index (χ4v) is 0.956. The molecule has 2 rings (SSSR count). The third-order valence-electron chi connectivity index (χ3n) is 1.58. The predicted molar refractivity (Wildman–Crippen MR) is 54.2 cm³/mol. The molecular weight excluding hydrogens is 178 g/mol. The van der Waals surface area contributed by atoms with Crippen molar-refractivity contribution in [2.75, 3.05) is 5.43 Å². The van der Waals surface area contributed by atoms with E-state index in [1.807, 2.05) is 30.3 Å². The lowest BCUT2D eigenvalue weighted by atomic mass is 10.5. The van der Waals surface area contributed by atoms with Crippen LogP contribution in [0.25, 0.3) is 0 Å². The van der Waals surface area contributed by atoms with Crippen molar-refractivity contribution in [3.8, 4) is 0 Å². The van der Waals surface area contributed by atoms with Gasteiger partial charge in [0.1, 0.15) is 11.6 Å². The maximum Gasteiger partial charge on any atom is 0.146 e. The highest BCUT2D eigenvalue weighted by molar-refractivity contribution is 5.76. The number of furan rings is 1. The maximum absolute atomic E-state index is 5.06. The number of hydrazone groups is 1. The van der Waals surface area contributed by atoms with Gasteiger partial charge in [-0.3, -0.25) is 5.43 Å². The minimum absolute atomic E-state index is 0.702. The molecule has 2 heterocycles. The van der Waals surface area contributed by atoms with Crippen molar-refractivity contribution in [3.05, 3.63) is 48.6 Å². The van der Waals surface area contributed by atoms with Crippen molar-refractivity contribution in [3.63, 3.8) is 0 Å². The maximum atomic E-state index is 5.06. The van der Waals surface area contributed by atoms with Crippen molar-refractivity contribution in [2.45, 2.75) is 0 Å². The molecule has 0 saturated carbocycles. The molecule has 4 nitrogen and oxygen atoms in total. The van der Waals surface area contributed by atoms with Gasteiger partial charge in [-0.2, -0.15) is 5.10 Å². The Morgan fingerprint density at radius 3 is 3.00 bits per heavy atom. The zero-order chi connectivity index (χ0) is 9.64. The van der Waals surface area contributed by atoms with Crippen LogP contribution >= 0.6 is 0 Å². The van der Waals surface area contributed by atoms with Crippen LogP contribution in [0.1, 0.15) is 5.76 Å². The van der Waals surface area contributed by atoms with E-state index in [9.17, 15) is 0 Å². The number of aromatic nitrogens is 1. The van der Waals surface area contributed by atoms with Crippen molar-refractivity contribution in [2.24, 2.45) is 5.10 Å². The molecule has 2 aromatic rings. The molecule has 0 aliphatic heterocycles. The lowest BCUT2D eigenvalue weighted by molar-refractivity contribution is 0.560. The van der Waals surface area contributed by atoms with Crippen molar-refractivity contribution in [1.82, 2.24) is 4.98 Å². The highest BCUT2D eigenvalue weighted by atomic mass is 16.3. The zero-order valence-electron chi connectivity index (χ0n) is 7.42. The molecule has 0 bridgehead atoms. The Morgan fingerprint density at radius 1 is 1.29 bits per heavy atom. The van der Waals surface area contributed by atoms with Gasteiger partial charge in [0, 0.05) is 6.20 Å². The van der Waals surface area contributed by atoms with E-state index >= 15 is 0 Å². The molecule has 70 valence electrons. The number of rotatable bonds is 3. The van der Waals surface area contributed by atoms with Gasteiger partial charge in [0.05, 0.1) is 12.5 Å². The standard InChI is InChI=1S/C10H9N3O/c1-2-6-11-10(5-1)13-12-8-9-4-3-7-14-9/h1-8H,(H,11,13). The van der Waals surface area contributed by atoms with Gasteiger partial charge >= 0.3 is 0 Å². The monoisotopic (exact) mass is 187 g/mol. The molecular formula is C10H9N3O. The summed E-state index contributed by atoms with van der Waals surface area (Å²) >= 11 is 0. The number of anilines is 1. The van der Waals surface area contributed by atoms with Gasteiger partial charge < -0.3 is 4.42 Å². The average Bonchev–Trinajstić information content (AvgIpc) is 2.72. The highest BCUT2D eigenvalue weighted by Crippen LogP contribution is 2.00. The van der Waals surface area contributed by atoms with E-state index in [4.69, 9.17) is 4.42 Å². The molecule has 0 unspecified atom stereocenters. The van der Waals surface area contributed by atoms with E-state index in [0.29, 0.717) is 11.6 Å². The Kier molecular flexibility index (Phi) is 2.56. The van der Waals surface area contributed by atoms with Gasteiger partial charge in [0.25, 0.3) is 0 Å². The first-order valence-corrected chi connectivity index (χ1v) is 4.19. The molecule has 2 aromatic heterocycles. The van der Waals surface area contributed by atoms with E-state index in [0.717, 1.165) is 0 Å². The Morgan fingerprint density at radius 2 is 2.29 bits per heavy atom. The second-order valence-corrected chi connectivity index (χ2v) is 2.60. The Balaban J connectivity index is 1.95.